The first-order valence-corrected chi connectivity index (χ1v) is 5.73. The number of nitriles is 1. The number of nitrogens with zero attached hydrogens (tertiary/aromatic N) is 2. The average molecular weight is 262 g/mol. The predicted octanol–water partition coefficient (Wildman–Crippen LogP) is 3.35. The molecule has 1 rings (SSSR count). The van der Waals surface area contributed by atoms with E-state index >= 15 is 0 Å². The molecule has 7 heteroatoms. The summed E-state index contributed by atoms with van der Waals surface area (Å²) in [6.45, 7) is 1.93. The van der Waals surface area contributed by atoms with Gasteiger partial charge in [0.2, 0.25) is 0 Å². The Bertz CT molecular complexity index is 429. The number of halogens is 3. The van der Waals surface area contributed by atoms with Crippen LogP contribution in [-0.4, -0.2) is 17.1 Å². The molecule has 17 heavy (non-hydrogen) atoms. The molecule has 0 fully saturated rings. The number of alkyl halides is 3. The number of thioether (sulfide) groups is 1. The van der Waals surface area contributed by atoms with Crippen molar-refractivity contribution in [3.05, 3.63) is 18.0 Å². The van der Waals surface area contributed by atoms with Gasteiger partial charge < -0.3 is 4.74 Å². The fourth-order valence-corrected chi connectivity index (χ4v) is 1.88. The third kappa shape index (κ3) is 4.53. The van der Waals surface area contributed by atoms with Crippen LogP contribution in [0.4, 0.5) is 13.2 Å². The fourth-order valence-electron chi connectivity index (χ4n) is 1.02. The van der Waals surface area contributed by atoms with Crippen LogP contribution in [0.1, 0.15) is 19.0 Å². The van der Waals surface area contributed by atoms with Crippen LogP contribution in [0.3, 0.4) is 0 Å². The fraction of sp³-hybridized carbons (Fsp3) is 0.400. The van der Waals surface area contributed by atoms with Crippen LogP contribution in [0.5, 0.6) is 5.75 Å². The van der Waals surface area contributed by atoms with Gasteiger partial charge in [-0.3, -0.25) is 0 Å². The molecule has 1 heterocycles. The molecule has 0 amide bonds. The van der Waals surface area contributed by atoms with E-state index in [1.165, 1.54) is 17.8 Å². The van der Waals surface area contributed by atoms with E-state index in [4.69, 9.17) is 5.26 Å². The molecule has 1 aromatic heterocycles. The smallest absolute Gasteiger partial charge is 0.404 e. The molecular formula is C10H9F3N2OS. The molecule has 0 bridgehead atoms. The summed E-state index contributed by atoms with van der Waals surface area (Å²) < 4.78 is 39.7. The molecule has 0 aliphatic rings. The highest BCUT2D eigenvalue weighted by Gasteiger charge is 2.31. The van der Waals surface area contributed by atoms with Gasteiger partial charge in [-0.05, 0) is 18.2 Å². The predicted molar refractivity (Wildman–Crippen MR) is 56.7 cm³/mol. The van der Waals surface area contributed by atoms with Crippen molar-refractivity contribution < 1.29 is 17.9 Å². The van der Waals surface area contributed by atoms with E-state index in [1.807, 2.05) is 13.0 Å². The second-order valence-corrected chi connectivity index (χ2v) is 4.16. The van der Waals surface area contributed by atoms with Crippen LogP contribution in [0.15, 0.2) is 17.2 Å². The minimum Gasteiger partial charge on any atom is -0.404 e. The van der Waals surface area contributed by atoms with E-state index in [1.54, 1.807) is 0 Å². The molecule has 0 N–H and O–H groups in total. The first-order chi connectivity index (χ1) is 7.96. The first-order valence-electron chi connectivity index (χ1n) is 4.75. The van der Waals surface area contributed by atoms with Crippen molar-refractivity contribution in [2.24, 2.45) is 0 Å². The highest BCUT2D eigenvalue weighted by Crippen LogP contribution is 2.28. The van der Waals surface area contributed by atoms with Crippen molar-refractivity contribution >= 4 is 11.8 Å². The van der Waals surface area contributed by atoms with Crippen molar-refractivity contribution in [2.75, 3.05) is 5.75 Å². The standard InChI is InChI=1S/C10H9F3N2OS/c1-2-3-17-9-4-7(16-10(11,12)13)6-15-8(9)5-14/h4,6H,2-3H2,1H3. The van der Waals surface area contributed by atoms with Crippen LogP contribution in [0.2, 0.25) is 0 Å². The lowest BCUT2D eigenvalue weighted by molar-refractivity contribution is -0.274. The van der Waals surface area contributed by atoms with Crippen LogP contribution in [0.25, 0.3) is 0 Å². The Hall–Kier alpha value is -1.42. The van der Waals surface area contributed by atoms with Gasteiger partial charge in [0.1, 0.15) is 11.8 Å². The zero-order valence-electron chi connectivity index (χ0n) is 8.91. The van der Waals surface area contributed by atoms with Crippen molar-refractivity contribution in [3.63, 3.8) is 0 Å². The quantitative estimate of drug-likeness (QED) is 0.780. The maximum Gasteiger partial charge on any atom is 0.573 e. The van der Waals surface area contributed by atoms with Crippen LogP contribution in [0, 0.1) is 11.3 Å². The summed E-state index contributed by atoms with van der Waals surface area (Å²) in [4.78, 5) is 4.03. The van der Waals surface area contributed by atoms with E-state index < -0.39 is 12.1 Å². The highest BCUT2D eigenvalue weighted by atomic mass is 32.2. The van der Waals surface area contributed by atoms with E-state index in [-0.39, 0.29) is 5.69 Å². The lowest BCUT2D eigenvalue weighted by Gasteiger charge is -2.10. The van der Waals surface area contributed by atoms with E-state index in [2.05, 4.69) is 9.72 Å². The molecule has 0 radical (unpaired) electrons. The Morgan fingerprint density at radius 1 is 1.53 bits per heavy atom. The molecule has 0 atom stereocenters. The third-order valence-corrected chi connectivity index (χ3v) is 2.86. The third-order valence-electron chi connectivity index (χ3n) is 1.63. The van der Waals surface area contributed by atoms with Gasteiger partial charge in [-0.1, -0.05) is 6.92 Å². The molecule has 0 aromatic carbocycles. The number of hydrogen-bond donors (Lipinski definition) is 0. The molecule has 0 aliphatic carbocycles. The van der Waals surface area contributed by atoms with Gasteiger partial charge in [0, 0.05) is 4.90 Å². The zero-order chi connectivity index (χ0) is 12.9. The number of pyridine rings is 1. The van der Waals surface area contributed by atoms with Crippen molar-refractivity contribution in [2.45, 2.75) is 24.6 Å². The summed E-state index contributed by atoms with van der Waals surface area (Å²) in [5.74, 6) is 0.293. The summed E-state index contributed by atoms with van der Waals surface area (Å²) >= 11 is 1.28. The Kier molecular flexibility index (Phi) is 4.63. The van der Waals surface area contributed by atoms with Gasteiger partial charge in [0.15, 0.2) is 5.69 Å². The maximum absolute atomic E-state index is 12.0. The molecule has 0 unspecified atom stereocenters. The Morgan fingerprint density at radius 3 is 2.76 bits per heavy atom. The zero-order valence-corrected chi connectivity index (χ0v) is 9.73. The van der Waals surface area contributed by atoms with Gasteiger partial charge in [-0.2, -0.15) is 5.26 Å². The molecule has 92 valence electrons. The van der Waals surface area contributed by atoms with Gasteiger partial charge >= 0.3 is 6.36 Å². The Labute approximate surface area is 101 Å². The SMILES string of the molecule is CCCSc1cc(OC(F)(F)F)cnc1C#N. The lowest BCUT2D eigenvalue weighted by Crippen LogP contribution is -2.17. The molecule has 0 saturated carbocycles. The molecule has 1 aromatic rings. The van der Waals surface area contributed by atoms with Crippen molar-refractivity contribution in [1.82, 2.24) is 4.98 Å². The van der Waals surface area contributed by atoms with Gasteiger partial charge in [-0.15, -0.1) is 24.9 Å². The Balaban J connectivity index is 2.93. The van der Waals surface area contributed by atoms with E-state index in [9.17, 15) is 13.2 Å². The molecule has 0 aliphatic heterocycles. The maximum atomic E-state index is 12.0. The van der Waals surface area contributed by atoms with Gasteiger partial charge in [0.25, 0.3) is 0 Å². The summed E-state index contributed by atoms with van der Waals surface area (Å²) in [7, 11) is 0. The van der Waals surface area contributed by atoms with E-state index in [0.29, 0.717) is 10.6 Å². The summed E-state index contributed by atoms with van der Waals surface area (Å²) in [5, 5.41) is 8.75. The summed E-state index contributed by atoms with van der Waals surface area (Å²) in [5.41, 5.74) is 0.109. The van der Waals surface area contributed by atoms with E-state index in [0.717, 1.165) is 12.6 Å². The number of aromatic nitrogens is 1. The minimum atomic E-state index is -4.75. The van der Waals surface area contributed by atoms with Crippen LogP contribution >= 0.6 is 11.8 Å². The number of rotatable bonds is 4. The number of hydrogen-bond acceptors (Lipinski definition) is 4. The monoisotopic (exact) mass is 262 g/mol. The summed E-state index contributed by atoms with van der Waals surface area (Å²) in [6.07, 6.45) is -3.01. The average Bonchev–Trinajstić information content (AvgIpc) is 2.24. The minimum absolute atomic E-state index is 0.109. The molecule has 3 nitrogen and oxygen atoms in total. The molecule has 0 spiro atoms. The van der Waals surface area contributed by atoms with Crippen molar-refractivity contribution in [3.8, 4) is 11.8 Å². The highest BCUT2D eigenvalue weighted by molar-refractivity contribution is 7.99. The molecule has 0 saturated heterocycles. The Morgan fingerprint density at radius 2 is 2.24 bits per heavy atom. The number of ether oxygens (including phenoxy) is 1. The van der Waals surface area contributed by atoms with Gasteiger partial charge in [0.05, 0.1) is 6.20 Å². The summed E-state index contributed by atoms with van der Waals surface area (Å²) in [6, 6.07) is 3.01. The van der Waals surface area contributed by atoms with Crippen LogP contribution in [-0.2, 0) is 0 Å². The normalized spacial score (nSPS) is 11.0. The second-order valence-electron chi connectivity index (χ2n) is 3.03. The van der Waals surface area contributed by atoms with Crippen LogP contribution < -0.4 is 4.74 Å². The van der Waals surface area contributed by atoms with Crippen molar-refractivity contribution in [1.29, 1.82) is 5.26 Å². The topological polar surface area (TPSA) is 45.9 Å². The largest absolute Gasteiger partial charge is 0.573 e. The molecular weight excluding hydrogens is 253 g/mol. The first kappa shape index (κ1) is 13.6. The second kappa shape index (κ2) is 5.77. The van der Waals surface area contributed by atoms with Gasteiger partial charge in [-0.25, -0.2) is 4.98 Å². The lowest BCUT2D eigenvalue weighted by atomic mass is 10.3.